The molecule has 0 bridgehead atoms. The van der Waals surface area contributed by atoms with Crippen molar-refractivity contribution in [3.8, 4) is 5.75 Å². The average molecular weight is 288 g/mol. The molecule has 0 saturated carbocycles. The Morgan fingerprint density at radius 1 is 1.40 bits per heavy atom. The molecule has 0 fully saturated rings. The third-order valence-corrected chi connectivity index (χ3v) is 2.13. The van der Waals surface area contributed by atoms with Gasteiger partial charge in [-0.2, -0.15) is 8.78 Å². The van der Waals surface area contributed by atoms with Gasteiger partial charge in [0.25, 0.3) is 5.91 Å². The van der Waals surface area contributed by atoms with Gasteiger partial charge < -0.3 is 15.8 Å². The number of rotatable bonds is 4. The molecule has 2 aromatic rings. The van der Waals surface area contributed by atoms with Crippen LogP contribution in [0.1, 0.15) is 10.5 Å². The Kier molecular flexibility index (Phi) is 3.73. The minimum Gasteiger partial charge on any atom is -0.432 e. The second-order valence-corrected chi connectivity index (χ2v) is 3.48. The highest BCUT2D eigenvalue weighted by Gasteiger charge is 2.17. The van der Waals surface area contributed by atoms with E-state index in [1.54, 1.807) is 0 Å². The molecule has 0 radical (unpaired) electrons. The van der Waals surface area contributed by atoms with Crippen molar-refractivity contribution in [2.24, 2.45) is 0 Å². The number of benzene rings is 1. The van der Waals surface area contributed by atoms with Gasteiger partial charge in [0, 0.05) is 11.8 Å². The largest absolute Gasteiger partial charge is 0.432 e. The number of nitrogens with zero attached hydrogens (tertiary/aromatic N) is 2. The first-order chi connectivity index (χ1) is 9.47. The molecule has 0 unspecified atom stereocenters. The molecule has 1 heterocycles. The van der Waals surface area contributed by atoms with Crippen LogP contribution in [0.5, 0.6) is 5.75 Å². The van der Waals surface area contributed by atoms with E-state index in [2.05, 4.69) is 25.0 Å². The summed E-state index contributed by atoms with van der Waals surface area (Å²) in [6, 6.07) is 2.92. The van der Waals surface area contributed by atoms with Crippen molar-refractivity contribution < 1.29 is 27.3 Å². The van der Waals surface area contributed by atoms with Gasteiger partial charge in [-0.1, -0.05) is 0 Å². The van der Waals surface area contributed by atoms with Crippen LogP contribution in [0.4, 0.5) is 24.7 Å². The first kappa shape index (κ1) is 13.6. The first-order valence-corrected chi connectivity index (χ1v) is 5.11. The van der Waals surface area contributed by atoms with E-state index in [1.807, 2.05) is 0 Å². The van der Waals surface area contributed by atoms with E-state index in [4.69, 9.17) is 5.73 Å². The number of alkyl halides is 2. The van der Waals surface area contributed by atoms with Crippen molar-refractivity contribution in [2.75, 3.05) is 11.1 Å². The number of hydrogen-bond donors (Lipinski definition) is 2. The fourth-order valence-corrected chi connectivity index (χ4v) is 1.31. The zero-order valence-electron chi connectivity index (χ0n) is 9.64. The van der Waals surface area contributed by atoms with Gasteiger partial charge in [0.2, 0.25) is 11.5 Å². The molecule has 2 rings (SSSR count). The minimum atomic E-state index is -3.15. The standard InChI is InChI=1S/C10H7F3N4O3/c11-5-3-4(1-2-6(5)19-10(12)13)15-9(18)7-8(14)17-20-16-7/h1-3,10H,(H2,14,17)(H,15,18). The summed E-state index contributed by atoms with van der Waals surface area (Å²) in [5.41, 5.74) is 5.02. The first-order valence-electron chi connectivity index (χ1n) is 5.11. The van der Waals surface area contributed by atoms with Crippen LogP contribution in [-0.2, 0) is 0 Å². The summed E-state index contributed by atoms with van der Waals surface area (Å²) in [7, 11) is 0. The van der Waals surface area contributed by atoms with Gasteiger partial charge in [0.05, 0.1) is 0 Å². The number of carbonyl (C=O) groups excluding carboxylic acids is 1. The highest BCUT2D eigenvalue weighted by molar-refractivity contribution is 6.05. The molecule has 1 aromatic carbocycles. The third kappa shape index (κ3) is 2.96. The SMILES string of the molecule is Nc1nonc1C(=O)Nc1ccc(OC(F)F)c(F)c1. The predicted molar refractivity (Wildman–Crippen MR) is 59.7 cm³/mol. The molecule has 3 N–H and O–H groups in total. The van der Waals surface area contributed by atoms with E-state index in [1.165, 1.54) is 6.07 Å². The predicted octanol–water partition coefficient (Wildman–Crippen LogP) is 1.64. The number of nitrogens with one attached hydrogen (secondary N) is 1. The van der Waals surface area contributed by atoms with Crippen molar-refractivity contribution in [2.45, 2.75) is 6.61 Å². The van der Waals surface area contributed by atoms with Gasteiger partial charge in [-0.25, -0.2) is 9.02 Å². The highest BCUT2D eigenvalue weighted by atomic mass is 19.3. The molecular formula is C10H7F3N4O3. The molecule has 0 aliphatic heterocycles. The van der Waals surface area contributed by atoms with Gasteiger partial charge >= 0.3 is 6.61 Å². The second-order valence-electron chi connectivity index (χ2n) is 3.48. The molecule has 106 valence electrons. The molecule has 1 aromatic heterocycles. The lowest BCUT2D eigenvalue weighted by Gasteiger charge is -2.08. The van der Waals surface area contributed by atoms with Crippen LogP contribution in [-0.4, -0.2) is 22.8 Å². The lowest BCUT2D eigenvalue weighted by molar-refractivity contribution is -0.0521. The topological polar surface area (TPSA) is 103 Å². The molecule has 0 spiro atoms. The number of aromatic nitrogens is 2. The van der Waals surface area contributed by atoms with Crippen LogP contribution < -0.4 is 15.8 Å². The molecule has 0 aliphatic carbocycles. The summed E-state index contributed by atoms with van der Waals surface area (Å²) < 4.78 is 45.4. The Bertz CT molecular complexity index is 632. The summed E-state index contributed by atoms with van der Waals surface area (Å²) in [6.07, 6.45) is 0. The van der Waals surface area contributed by atoms with E-state index in [-0.39, 0.29) is 17.2 Å². The van der Waals surface area contributed by atoms with E-state index < -0.39 is 24.1 Å². The van der Waals surface area contributed by atoms with E-state index in [0.717, 1.165) is 12.1 Å². The number of hydrogen-bond acceptors (Lipinski definition) is 6. The van der Waals surface area contributed by atoms with Gasteiger partial charge in [0.1, 0.15) is 0 Å². The highest BCUT2D eigenvalue weighted by Crippen LogP contribution is 2.23. The van der Waals surface area contributed by atoms with Crippen LogP contribution in [0.25, 0.3) is 0 Å². The molecule has 0 saturated heterocycles. The molecule has 10 heteroatoms. The Morgan fingerprint density at radius 2 is 2.15 bits per heavy atom. The Hall–Kier alpha value is -2.78. The Morgan fingerprint density at radius 3 is 2.70 bits per heavy atom. The number of amides is 1. The summed E-state index contributed by atoms with van der Waals surface area (Å²) in [4.78, 5) is 11.6. The normalized spacial score (nSPS) is 10.6. The number of halogens is 3. The molecule has 20 heavy (non-hydrogen) atoms. The van der Waals surface area contributed by atoms with Gasteiger partial charge in [-0.05, 0) is 22.4 Å². The maximum absolute atomic E-state index is 13.4. The summed E-state index contributed by atoms with van der Waals surface area (Å²) in [5, 5.41) is 8.69. The van der Waals surface area contributed by atoms with E-state index >= 15 is 0 Å². The van der Waals surface area contributed by atoms with Gasteiger partial charge in [-0.3, -0.25) is 4.79 Å². The van der Waals surface area contributed by atoms with Crippen LogP contribution in [0.15, 0.2) is 22.8 Å². The Balaban J connectivity index is 2.13. The summed E-state index contributed by atoms with van der Waals surface area (Å²) in [6.45, 7) is -3.15. The average Bonchev–Trinajstić information content (AvgIpc) is 2.78. The minimum absolute atomic E-state index is 0.00323. The molecular weight excluding hydrogens is 281 g/mol. The number of ether oxygens (including phenoxy) is 1. The Labute approximate surface area is 109 Å². The maximum atomic E-state index is 13.4. The van der Waals surface area contributed by atoms with Crippen LogP contribution in [0.2, 0.25) is 0 Å². The zero-order valence-corrected chi connectivity index (χ0v) is 9.64. The fraction of sp³-hybridized carbons (Fsp3) is 0.100. The summed E-state index contributed by atoms with van der Waals surface area (Å²) >= 11 is 0. The lowest BCUT2D eigenvalue weighted by atomic mass is 10.2. The van der Waals surface area contributed by atoms with Gasteiger partial charge in [-0.15, -0.1) is 0 Å². The number of nitrogens with two attached hydrogens (primary N) is 1. The van der Waals surface area contributed by atoms with Crippen molar-refractivity contribution in [3.05, 3.63) is 29.7 Å². The number of nitrogen functional groups attached to an aromatic ring is 1. The van der Waals surface area contributed by atoms with Crippen molar-refractivity contribution >= 4 is 17.4 Å². The fourth-order valence-electron chi connectivity index (χ4n) is 1.31. The van der Waals surface area contributed by atoms with Crippen molar-refractivity contribution in [1.82, 2.24) is 10.3 Å². The molecule has 1 amide bonds. The van der Waals surface area contributed by atoms with Crippen LogP contribution in [0, 0.1) is 5.82 Å². The van der Waals surface area contributed by atoms with E-state index in [0.29, 0.717) is 0 Å². The zero-order chi connectivity index (χ0) is 14.7. The quantitative estimate of drug-likeness (QED) is 0.886. The second kappa shape index (κ2) is 5.47. The molecule has 0 aliphatic rings. The molecule has 0 atom stereocenters. The smallest absolute Gasteiger partial charge is 0.387 e. The maximum Gasteiger partial charge on any atom is 0.387 e. The third-order valence-electron chi connectivity index (χ3n) is 2.13. The number of anilines is 2. The lowest BCUT2D eigenvalue weighted by Crippen LogP contribution is -2.14. The van der Waals surface area contributed by atoms with Crippen LogP contribution >= 0.6 is 0 Å². The number of carbonyl (C=O) groups is 1. The monoisotopic (exact) mass is 288 g/mol. The summed E-state index contributed by atoms with van der Waals surface area (Å²) in [5.74, 6) is -2.72. The van der Waals surface area contributed by atoms with Crippen molar-refractivity contribution in [1.29, 1.82) is 0 Å². The van der Waals surface area contributed by atoms with Crippen molar-refractivity contribution in [3.63, 3.8) is 0 Å². The van der Waals surface area contributed by atoms with Gasteiger partial charge in [0.15, 0.2) is 11.6 Å². The molecule has 7 nitrogen and oxygen atoms in total. The van der Waals surface area contributed by atoms with E-state index in [9.17, 15) is 18.0 Å². The van der Waals surface area contributed by atoms with Crippen LogP contribution in [0.3, 0.4) is 0 Å².